The number of pyridine rings is 3. The molecule has 0 bridgehead atoms. The molecule has 3 aromatic heterocycles. The van der Waals surface area contributed by atoms with Gasteiger partial charge >= 0.3 is 0 Å². The van der Waals surface area contributed by atoms with Crippen LogP contribution in [0.2, 0.25) is 0 Å². The largest absolute Gasteiger partial charge is 0.465 e. The summed E-state index contributed by atoms with van der Waals surface area (Å²) in [6.07, 6.45) is 4.98. The topological polar surface area (TPSA) is 95.5 Å². The van der Waals surface area contributed by atoms with Gasteiger partial charge in [-0.3, -0.25) is 4.98 Å². The van der Waals surface area contributed by atoms with Crippen LogP contribution in [-0.2, 0) is 10.3 Å². The van der Waals surface area contributed by atoms with Crippen molar-refractivity contribution in [3.05, 3.63) is 90.1 Å². The Labute approximate surface area is 193 Å². The van der Waals surface area contributed by atoms with Crippen molar-refractivity contribution in [2.45, 2.75) is 12.0 Å². The standard InChI is InChI=1S/C25H17F2N5O2/c26-22-16(4-2-9-30-22)14-5-6-20-17(11-14)25(7-10-33-24(28)32-25)18-12-19(15-3-1-8-29-13-15)31-23(27)21(18)34-20/h1-6,8-9,11-13H,7,10H2,(H2,28,32)/t25-/m0/s1. The summed E-state index contributed by atoms with van der Waals surface area (Å²) in [4.78, 5) is 16.6. The zero-order chi connectivity index (χ0) is 23.3. The first kappa shape index (κ1) is 20.2. The first-order chi connectivity index (χ1) is 16.5. The van der Waals surface area contributed by atoms with Gasteiger partial charge in [-0.25, -0.2) is 15.0 Å². The highest BCUT2D eigenvalue weighted by Gasteiger charge is 2.46. The molecule has 2 aliphatic heterocycles. The SMILES string of the molecule is NC1=N[C@@]2(CCO1)c1cc(-c3cccnc3F)ccc1Oc1c2cc(-c2cccnc2)nc1F. The number of rotatable bonds is 2. The van der Waals surface area contributed by atoms with Crippen LogP contribution in [-0.4, -0.2) is 27.6 Å². The van der Waals surface area contributed by atoms with Crippen LogP contribution < -0.4 is 10.5 Å². The quantitative estimate of drug-likeness (QED) is 0.443. The Morgan fingerprint density at radius 3 is 2.62 bits per heavy atom. The molecule has 5 heterocycles. The fraction of sp³-hybridized carbons (Fsp3) is 0.120. The summed E-state index contributed by atoms with van der Waals surface area (Å²) in [5.74, 6) is -1.02. The lowest BCUT2D eigenvalue weighted by Gasteiger charge is -2.39. The van der Waals surface area contributed by atoms with Gasteiger partial charge < -0.3 is 15.2 Å². The molecular weight excluding hydrogens is 440 g/mol. The zero-order valence-electron chi connectivity index (χ0n) is 17.7. The van der Waals surface area contributed by atoms with Crippen LogP contribution in [0, 0.1) is 11.9 Å². The third-order valence-electron chi connectivity index (χ3n) is 6.06. The fourth-order valence-corrected chi connectivity index (χ4v) is 4.50. The lowest BCUT2D eigenvalue weighted by Crippen LogP contribution is -2.39. The van der Waals surface area contributed by atoms with Crippen molar-refractivity contribution in [1.82, 2.24) is 15.0 Å². The van der Waals surface area contributed by atoms with Gasteiger partial charge in [-0.05, 0) is 48.0 Å². The van der Waals surface area contributed by atoms with Crippen LogP contribution in [0.25, 0.3) is 22.4 Å². The highest BCUT2D eigenvalue weighted by atomic mass is 19.1. The minimum absolute atomic E-state index is 0.0249. The number of ether oxygens (including phenoxy) is 2. The molecule has 2 aliphatic rings. The van der Waals surface area contributed by atoms with Gasteiger partial charge in [0.15, 0.2) is 5.75 Å². The number of fused-ring (bicyclic) bond motifs is 4. The van der Waals surface area contributed by atoms with Gasteiger partial charge in [-0.2, -0.15) is 8.78 Å². The first-order valence-corrected chi connectivity index (χ1v) is 10.6. The second kappa shape index (κ2) is 7.58. The van der Waals surface area contributed by atoms with Crippen molar-refractivity contribution in [2.75, 3.05) is 6.61 Å². The molecule has 1 spiro atoms. The van der Waals surface area contributed by atoms with E-state index in [2.05, 4.69) is 19.9 Å². The molecule has 9 heteroatoms. The second-order valence-electron chi connectivity index (χ2n) is 7.98. The Balaban J connectivity index is 1.61. The van der Waals surface area contributed by atoms with E-state index in [1.165, 1.54) is 6.20 Å². The lowest BCUT2D eigenvalue weighted by molar-refractivity contribution is 0.217. The number of aromatic nitrogens is 3. The van der Waals surface area contributed by atoms with Crippen LogP contribution >= 0.6 is 0 Å². The molecular formula is C25H17F2N5O2. The van der Waals surface area contributed by atoms with Crippen molar-refractivity contribution in [3.63, 3.8) is 0 Å². The Morgan fingerprint density at radius 1 is 0.941 bits per heavy atom. The molecule has 0 fully saturated rings. The van der Waals surface area contributed by atoms with Crippen LogP contribution in [0.4, 0.5) is 8.78 Å². The molecule has 7 nitrogen and oxygen atoms in total. The fourth-order valence-electron chi connectivity index (χ4n) is 4.50. The predicted octanol–water partition coefficient (Wildman–Crippen LogP) is 4.57. The highest BCUT2D eigenvalue weighted by molar-refractivity contribution is 5.77. The van der Waals surface area contributed by atoms with Gasteiger partial charge in [0.25, 0.3) is 12.0 Å². The number of hydrogen-bond donors (Lipinski definition) is 1. The van der Waals surface area contributed by atoms with Crippen LogP contribution in [0.15, 0.2) is 72.1 Å². The summed E-state index contributed by atoms with van der Waals surface area (Å²) in [7, 11) is 0. The molecule has 0 saturated heterocycles. The summed E-state index contributed by atoms with van der Waals surface area (Å²) in [5.41, 5.74) is 7.91. The molecule has 1 atom stereocenters. The Kier molecular flexibility index (Phi) is 4.51. The number of aliphatic imine (C=N–C) groups is 1. The number of nitrogens with zero attached hydrogens (tertiary/aromatic N) is 4. The average molecular weight is 457 g/mol. The molecule has 0 amide bonds. The Hall–Kier alpha value is -4.40. The van der Waals surface area contributed by atoms with E-state index in [-0.39, 0.29) is 18.4 Å². The van der Waals surface area contributed by atoms with Gasteiger partial charge in [0, 0.05) is 47.3 Å². The lowest BCUT2D eigenvalue weighted by atomic mass is 9.77. The summed E-state index contributed by atoms with van der Waals surface area (Å²) >= 11 is 0. The van der Waals surface area contributed by atoms with Gasteiger partial charge in [0.1, 0.15) is 11.3 Å². The second-order valence-corrected chi connectivity index (χ2v) is 7.98. The number of halogens is 2. The van der Waals surface area contributed by atoms with Gasteiger partial charge in [0.2, 0.25) is 5.95 Å². The van der Waals surface area contributed by atoms with E-state index in [1.807, 2.05) is 0 Å². The van der Waals surface area contributed by atoms with Crippen molar-refractivity contribution in [3.8, 4) is 33.9 Å². The Morgan fingerprint density at radius 2 is 1.82 bits per heavy atom. The predicted molar refractivity (Wildman–Crippen MR) is 120 cm³/mol. The monoisotopic (exact) mass is 457 g/mol. The van der Waals surface area contributed by atoms with Crippen LogP contribution in [0.5, 0.6) is 11.5 Å². The Bertz CT molecular complexity index is 1460. The molecule has 1 aromatic carbocycles. The van der Waals surface area contributed by atoms with Crippen molar-refractivity contribution < 1.29 is 18.3 Å². The zero-order valence-corrected chi connectivity index (χ0v) is 17.7. The van der Waals surface area contributed by atoms with E-state index in [0.29, 0.717) is 45.7 Å². The number of nitrogens with two attached hydrogens (primary N) is 1. The summed E-state index contributed by atoms with van der Waals surface area (Å²) in [6.45, 7) is 0.256. The maximum absolute atomic E-state index is 15.3. The molecule has 0 radical (unpaired) electrons. The molecule has 0 unspecified atom stereocenters. The van der Waals surface area contributed by atoms with E-state index in [1.54, 1.807) is 60.9 Å². The molecule has 6 rings (SSSR count). The van der Waals surface area contributed by atoms with Crippen LogP contribution in [0.1, 0.15) is 17.5 Å². The molecule has 34 heavy (non-hydrogen) atoms. The molecule has 2 N–H and O–H groups in total. The van der Waals surface area contributed by atoms with E-state index in [4.69, 9.17) is 15.2 Å². The first-order valence-electron chi connectivity index (χ1n) is 10.6. The van der Waals surface area contributed by atoms with Crippen molar-refractivity contribution in [1.29, 1.82) is 0 Å². The van der Waals surface area contributed by atoms with Gasteiger partial charge in [-0.1, -0.05) is 6.07 Å². The minimum Gasteiger partial charge on any atom is -0.465 e. The average Bonchev–Trinajstić information content (AvgIpc) is 2.86. The summed E-state index contributed by atoms with van der Waals surface area (Å²) in [6, 6.07) is 13.7. The van der Waals surface area contributed by atoms with Crippen molar-refractivity contribution >= 4 is 6.02 Å². The number of benzene rings is 1. The third-order valence-corrected chi connectivity index (χ3v) is 6.06. The molecule has 0 saturated carbocycles. The summed E-state index contributed by atoms with van der Waals surface area (Å²) < 4.78 is 41.2. The van der Waals surface area contributed by atoms with Gasteiger partial charge in [-0.15, -0.1) is 0 Å². The van der Waals surface area contributed by atoms with Gasteiger partial charge in [0.05, 0.1) is 12.3 Å². The van der Waals surface area contributed by atoms with Crippen molar-refractivity contribution in [2.24, 2.45) is 10.7 Å². The van der Waals surface area contributed by atoms with Crippen LogP contribution in [0.3, 0.4) is 0 Å². The normalized spacial score (nSPS) is 18.4. The molecule has 4 aromatic rings. The maximum Gasteiger partial charge on any atom is 0.283 e. The number of amidine groups is 1. The highest BCUT2D eigenvalue weighted by Crippen LogP contribution is 2.53. The maximum atomic E-state index is 15.3. The van der Waals surface area contributed by atoms with E-state index in [9.17, 15) is 4.39 Å². The van der Waals surface area contributed by atoms with E-state index < -0.39 is 17.4 Å². The minimum atomic E-state index is -1.11. The molecule has 0 aliphatic carbocycles. The van der Waals surface area contributed by atoms with E-state index in [0.717, 1.165) is 0 Å². The van der Waals surface area contributed by atoms with E-state index >= 15 is 4.39 Å². The molecule has 168 valence electrons. The smallest absolute Gasteiger partial charge is 0.283 e. The number of hydrogen-bond acceptors (Lipinski definition) is 7. The third kappa shape index (κ3) is 3.08. The summed E-state index contributed by atoms with van der Waals surface area (Å²) in [5, 5.41) is 0.